The molecule has 0 saturated carbocycles. The van der Waals surface area contributed by atoms with Crippen LogP contribution in [-0.2, 0) is 18.6 Å². The predicted molar refractivity (Wildman–Crippen MR) is 76.2 cm³/mol. The van der Waals surface area contributed by atoms with Crippen LogP contribution in [0.25, 0.3) is 0 Å². The third-order valence-electron chi connectivity index (χ3n) is 2.02. The second-order valence-corrected chi connectivity index (χ2v) is 5.00. The fraction of sp³-hybridized carbons (Fsp3) is 1.00. The molecule has 0 radical (unpaired) electrons. The van der Waals surface area contributed by atoms with E-state index in [-0.39, 0.29) is 22.5 Å². The van der Waals surface area contributed by atoms with E-state index in [0.29, 0.717) is 6.79 Å². The smallest absolute Gasteiger partial charge is 0.427 e. The van der Waals surface area contributed by atoms with Crippen molar-refractivity contribution in [1.82, 2.24) is 0 Å². The topological polar surface area (TPSA) is 77.4 Å². The Kier molecular flexibility index (Phi) is 8.93. The second kappa shape index (κ2) is 8.95. The van der Waals surface area contributed by atoms with Gasteiger partial charge < -0.3 is 28.7 Å². The maximum Gasteiger partial charge on any atom is 0.456 e. The van der Waals surface area contributed by atoms with Crippen LogP contribution in [0.1, 0.15) is 16.7 Å². The lowest BCUT2D eigenvalue weighted by molar-refractivity contribution is -0.00865. The summed E-state index contributed by atoms with van der Waals surface area (Å²) >= 11 is 0. The lowest BCUT2D eigenvalue weighted by Gasteiger charge is -2.31. The van der Waals surface area contributed by atoms with Gasteiger partial charge in [0.25, 0.3) is 0 Å². The van der Waals surface area contributed by atoms with Gasteiger partial charge in [-0.2, -0.15) is 0 Å². The van der Waals surface area contributed by atoms with Crippen molar-refractivity contribution < 1.29 is 31.5 Å². The van der Waals surface area contributed by atoms with Gasteiger partial charge in [0.2, 0.25) is 0 Å². The van der Waals surface area contributed by atoms with Crippen LogP contribution < -0.4 is 0 Å². The largest absolute Gasteiger partial charge is 0.456 e. The van der Waals surface area contributed by atoms with Crippen molar-refractivity contribution in [2.45, 2.75) is 34.3 Å². The standard InChI is InChI=1S/C6H13BO2.C2H5BO2.CH5BO2.2H2/c1-6(2)4-8-7(3)9-5-6;1-3-4-2-5-3;1-2(3)4;;/h4-5H2,1-3H3;2H2,1H3;3-4H,1H3;2*1H. The molecule has 2 aliphatic heterocycles. The highest BCUT2D eigenvalue weighted by molar-refractivity contribution is 6.44. The Labute approximate surface area is 113 Å². The molecular weight excluding hydrogens is 237 g/mol. The zero-order valence-electron chi connectivity index (χ0n) is 11.9. The fourth-order valence-corrected chi connectivity index (χ4v) is 0.980. The third-order valence-corrected chi connectivity index (χ3v) is 2.02. The molecule has 0 aromatic heterocycles. The highest BCUT2D eigenvalue weighted by atomic mass is 16.8. The summed E-state index contributed by atoms with van der Waals surface area (Å²) in [6, 6.07) is 0. The zero-order valence-corrected chi connectivity index (χ0v) is 11.9. The maximum atomic E-state index is 7.61. The van der Waals surface area contributed by atoms with Crippen LogP contribution in [0, 0.1) is 5.41 Å². The summed E-state index contributed by atoms with van der Waals surface area (Å²) in [5, 5.41) is 15.2. The average Bonchev–Trinajstić information content (AvgIpc) is 2.20. The van der Waals surface area contributed by atoms with E-state index in [1.165, 1.54) is 6.82 Å². The van der Waals surface area contributed by atoms with Crippen molar-refractivity contribution in [3.05, 3.63) is 0 Å². The molecule has 0 amide bonds. The SMILES string of the molecule is CB(O)O.CB1OCC(C)(C)CO1.CB1OCO1.[HH].[HH]. The fourth-order valence-electron chi connectivity index (χ4n) is 0.980. The predicted octanol–water partition coefficient (Wildman–Crippen LogP) is 0.867. The lowest BCUT2D eigenvalue weighted by atomic mass is 9.86. The van der Waals surface area contributed by atoms with E-state index in [9.17, 15) is 0 Å². The van der Waals surface area contributed by atoms with E-state index in [2.05, 4.69) is 13.8 Å². The van der Waals surface area contributed by atoms with Gasteiger partial charge >= 0.3 is 21.4 Å². The van der Waals surface area contributed by atoms with Crippen LogP contribution >= 0.6 is 0 Å². The highest BCUT2D eigenvalue weighted by Crippen LogP contribution is 2.20. The van der Waals surface area contributed by atoms with Crippen molar-refractivity contribution in [2.24, 2.45) is 5.41 Å². The van der Waals surface area contributed by atoms with E-state index >= 15 is 0 Å². The molecule has 2 N–H and O–H groups in total. The molecule has 0 spiro atoms. The first-order valence-electron chi connectivity index (χ1n) is 6.05. The summed E-state index contributed by atoms with van der Waals surface area (Å²) in [4.78, 5) is 0. The summed E-state index contributed by atoms with van der Waals surface area (Å²) < 4.78 is 20.0. The first-order chi connectivity index (χ1) is 8.23. The first kappa shape index (κ1) is 18.0. The van der Waals surface area contributed by atoms with Gasteiger partial charge in [0, 0.05) is 21.5 Å². The molecule has 2 rings (SSSR count). The molecule has 108 valence electrons. The average molecular weight is 264 g/mol. The van der Waals surface area contributed by atoms with Crippen molar-refractivity contribution >= 4 is 21.4 Å². The summed E-state index contributed by atoms with van der Waals surface area (Å²) in [5.74, 6) is 0. The first-order valence-corrected chi connectivity index (χ1v) is 6.05. The van der Waals surface area contributed by atoms with Gasteiger partial charge in [-0.3, -0.25) is 0 Å². The zero-order chi connectivity index (χ0) is 14.2. The lowest BCUT2D eigenvalue weighted by Crippen LogP contribution is -2.38. The molecule has 6 nitrogen and oxygen atoms in total. The summed E-state index contributed by atoms with van der Waals surface area (Å²) in [7, 11) is -1.10. The number of hydrogen-bond donors (Lipinski definition) is 2. The van der Waals surface area contributed by atoms with Gasteiger partial charge in [0.15, 0.2) is 0 Å². The highest BCUT2D eigenvalue weighted by Gasteiger charge is 2.28. The van der Waals surface area contributed by atoms with Crippen LogP contribution in [0.15, 0.2) is 0 Å². The van der Waals surface area contributed by atoms with E-state index in [1.54, 1.807) is 0 Å². The van der Waals surface area contributed by atoms with Gasteiger partial charge in [0.05, 0.1) is 0 Å². The van der Waals surface area contributed by atoms with Crippen LogP contribution in [0.3, 0.4) is 0 Å². The number of rotatable bonds is 0. The van der Waals surface area contributed by atoms with Crippen molar-refractivity contribution in [2.75, 3.05) is 20.0 Å². The Hall–Kier alpha value is -0.0452. The quantitative estimate of drug-likeness (QED) is 0.632. The van der Waals surface area contributed by atoms with Crippen LogP contribution in [-0.4, -0.2) is 51.4 Å². The Bertz CT molecular complexity index is 209. The monoisotopic (exact) mass is 264 g/mol. The molecule has 0 aromatic rings. The molecule has 2 fully saturated rings. The van der Waals surface area contributed by atoms with Gasteiger partial charge in [0.1, 0.15) is 6.79 Å². The molecule has 0 unspecified atom stereocenters. The van der Waals surface area contributed by atoms with E-state index in [0.717, 1.165) is 13.2 Å². The van der Waals surface area contributed by atoms with E-state index < -0.39 is 7.12 Å². The van der Waals surface area contributed by atoms with Gasteiger partial charge in [-0.05, 0) is 20.5 Å². The van der Waals surface area contributed by atoms with E-state index in [4.69, 9.17) is 28.7 Å². The van der Waals surface area contributed by atoms with E-state index in [1.807, 2.05) is 13.6 Å². The van der Waals surface area contributed by atoms with Crippen molar-refractivity contribution in [1.29, 1.82) is 0 Å². The third kappa shape index (κ3) is 11.1. The Balaban J connectivity index is -0.000000228. The summed E-state index contributed by atoms with van der Waals surface area (Å²) in [6.45, 7) is 11.5. The van der Waals surface area contributed by atoms with Crippen molar-refractivity contribution in [3.8, 4) is 0 Å². The molecule has 18 heavy (non-hydrogen) atoms. The van der Waals surface area contributed by atoms with Crippen LogP contribution in [0.4, 0.5) is 0 Å². The molecule has 0 bridgehead atoms. The molecule has 9 heteroatoms. The maximum absolute atomic E-state index is 7.61. The van der Waals surface area contributed by atoms with Gasteiger partial charge in [-0.1, -0.05) is 13.8 Å². The molecule has 2 aliphatic rings. The van der Waals surface area contributed by atoms with Crippen LogP contribution in [0.5, 0.6) is 0 Å². The normalized spacial score (nSPS) is 20.8. The minimum absolute atomic E-state index is 0. The van der Waals surface area contributed by atoms with Gasteiger partial charge in [-0.15, -0.1) is 0 Å². The molecule has 0 aromatic carbocycles. The molecule has 2 saturated heterocycles. The summed E-state index contributed by atoms with van der Waals surface area (Å²) in [5.41, 5.74) is 0.215. The Morgan fingerprint density at radius 3 is 1.50 bits per heavy atom. The minimum Gasteiger partial charge on any atom is -0.427 e. The van der Waals surface area contributed by atoms with Crippen LogP contribution in [0.2, 0.25) is 20.5 Å². The number of hydrogen-bond acceptors (Lipinski definition) is 6. The summed E-state index contributed by atoms with van der Waals surface area (Å²) in [6.07, 6.45) is 0. The molecular formula is C9H27B3O6. The van der Waals surface area contributed by atoms with Crippen molar-refractivity contribution in [3.63, 3.8) is 0 Å². The Morgan fingerprint density at radius 1 is 1.00 bits per heavy atom. The molecule has 0 atom stereocenters. The second-order valence-electron chi connectivity index (χ2n) is 5.00. The van der Waals surface area contributed by atoms with Gasteiger partial charge in [-0.25, -0.2) is 0 Å². The Morgan fingerprint density at radius 2 is 1.33 bits per heavy atom. The molecule has 0 aliphatic carbocycles. The molecule has 2 heterocycles. The minimum atomic E-state index is -1.17.